The molecule has 0 saturated carbocycles. The second kappa shape index (κ2) is 7.25. The zero-order valence-electron chi connectivity index (χ0n) is 10.2. The van der Waals surface area contributed by atoms with Gasteiger partial charge in [-0.05, 0) is 25.2 Å². The van der Waals surface area contributed by atoms with Gasteiger partial charge in [-0.25, -0.2) is 4.98 Å². The summed E-state index contributed by atoms with van der Waals surface area (Å²) >= 11 is 5.65. The quantitative estimate of drug-likeness (QED) is 0.789. The van der Waals surface area contributed by atoms with Crippen LogP contribution in [0.2, 0.25) is 5.15 Å². The normalized spacial score (nSPS) is 10.6. The summed E-state index contributed by atoms with van der Waals surface area (Å²) in [5.74, 6) is -0.110. The predicted molar refractivity (Wildman–Crippen MR) is 69.4 cm³/mol. The van der Waals surface area contributed by atoms with Gasteiger partial charge in [0.1, 0.15) is 5.15 Å². The van der Waals surface area contributed by atoms with Gasteiger partial charge in [0, 0.05) is 19.3 Å². The molecule has 1 aromatic heterocycles. The van der Waals surface area contributed by atoms with Crippen LogP contribution in [-0.2, 0) is 0 Å². The van der Waals surface area contributed by atoms with Crippen molar-refractivity contribution in [1.82, 2.24) is 15.2 Å². The van der Waals surface area contributed by atoms with E-state index in [2.05, 4.69) is 29.0 Å². The molecule has 0 aromatic carbocycles. The Morgan fingerprint density at radius 3 is 2.65 bits per heavy atom. The molecule has 0 bridgehead atoms. The van der Waals surface area contributed by atoms with E-state index in [-0.39, 0.29) is 5.91 Å². The Labute approximate surface area is 107 Å². The second-order valence-corrected chi connectivity index (χ2v) is 4.04. The standard InChI is InChI=1S/C12H18ClN3O/c1-3-16(4-2)8-7-14-12(17)10-5-6-11(13)15-9-10/h5-6,9H,3-4,7-8H2,1-2H3,(H,14,17). The van der Waals surface area contributed by atoms with Crippen LogP contribution in [-0.4, -0.2) is 42.0 Å². The third-order valence-electron chi connectivity index (χ3n) is 2.60. The van der Waals surface area contributed by atoms with Crippen molar-refractivity contribution in [3.63, 3.8) is 0 Å². The maximum atomic E-state index is 11.7. The summed E-state index contributed by atoms with van der Waals surface area (Å²) in [5, 5.41) is 3.25. The van der Waals surface area contributed by atoms with Gasteiger partial charge in [-0.2, -0.15) is 0 Å². The van der Waals surface area contributed by atoms with Gasteiger partial charge in [-0.15, -0.1) is 0 Å². The highest BCUT2D eigenvalue weighted by Crippen LogP contribution is 2.04. The lowest BCUT2D eigenvalue weighted by Gasteiger charge is -2.17. The van der Waals surface area contributed by atoms with Crippen LogP contribution < -0.4 is 5.32 Å². The first-order chi connectivity index (χ1) is 8.17. The molecule has 0 unspecified atom stereocenters. The van der Waals surface area contributed by atoms with Crippen LogP contribution in [0.25, 0.3) is 0 Å². The van der Waals surface area contributed by atoms with Crippen LogP contribution in [0.1, 0.15) is 24.2 Å². The number of hydrogen-bond acceptors (Lipinski definition) is 3. The summed E-state index contributed by atoms with van der Waals surface area (Å²) in [7, 11) is 0. The Morgan fingerprint density at radius 1 is 1.41 bits per heavy atom. The summed E-state index contributed by atoms with van der Waals surface area (Å²) in [6.45, 7) is 7.70. The van der Waals surface area contributed by atoms with Crippen molar-refractivity contribution in [2.75, 3.05) is 26.2 Å². The number of rotatable bonds is 6. The van der Waals surface area contributed by atoms with Gasteiger partial charge in [0.15, 0.2) is 0 Å². The van der Waals surface area contributed by atoms with E-state index in [0.29, 0.717) is 17.3 Å². The first-order valence-electron chi connectivity index (χ1n) is 5.79. The number of carbonyl (C=O) groups excluding carboxylic acids is 1. The zero-order valence-corrected chi connectivity index (χ0v) is 11.0. The monoisotopic (exact) mass is 255 g/mol. The lowest BCUT2D eigenvalue weighted by atomic mass is 10.3. The van der Waals surface area contributed by atoms with Gasteiger partial charge < -0.3 is 10.2 Å². The summed E-state index contributed by atoms with van der Waals surface area (Å²) in [4.78, 5) is 17.8. The zero-order chi connectivity index (χ0) is 12.7. The van der Waals surface area contributed by atoms with Crippen LogP contribution in [0.4, 0.5) is 0 Å². The fraction of sp³-hybridized carbons (Fsp3) is 0.500. The first kappa shape index (κ1) is 13.9. The number of nitrogens with one attached hydrogen (secondary N) is 1. The Kier molecular flexibility index (Phi) is 5.94. The van der Waals surface area contributed by atoms with E-state index in [9.17, 15) is 4.79 Å². The first-order valence-corrected chi connectivity index (χ1v) is 6.17. The molecule has 0 atom stereocenters. The fourth-order valence-corrected chi connectivity index (χ4v) is 1.59. The molecule has 1 rings (SSSR count). The SMILES string of the molecule is CCN(CC)CCNC(=O)c1ccc(Cl)nc1. The summed E-state index contributed by atoms with van der Waals surface area (Å²) < 4.78 is 0. The lowest BCUT2D eigenvalue weighted by Crippen LogP contribution is -2.34. The molecule has 5 heteroatoms. The number of aromatic nitrogens is 1. The van der Waals surface area contributed by atoms with E-state index in [1.54, 1.807) is 12.1 Å². The van der Waals surface area contributed by atoms with Gasteiger partial charge in [0.25, 0.3) is 5.91 Å². The Morgan fingerprint density at radius 2 is 2.12 bits per heavy atom. The third kappa shape index (κ3) is 4.71. The number of pyridine rings is 1. The molecule has 0 aliphatic rings. The third-order valence-corrected chi connectivity index (χ3v) is 2.82. The number of hydrogen-bond donors (Lipinski definition) is 1. The number of nitrogens with zero attached hydrogens (tertiary/aromatic N) is 2. The Hall–Kier alpha value is -1.13. The number of amides is 1. The van der Waals surface area contributed by atoms with Crippen molar-refractivity contribution >= 4 is 17.5 Å². The fourth-order valence-electron chi connectivity index (χ4n) is 1.48. The molecule has 0 saturated heterocycles. The highest BCUT2D eigenvalue weighted by molar-refractivity contribution is 6.29. The molecule has 1 heterocycles. The van der Waals surface area contributed by atoms with Gasteiger partial charge in [0.05, 0.1) is 5.56 Å². The minimum atomic E-state index is -0.110. The minimum Gasteiger partial charge on any atom is -0.351 e. The van der Waals surface area contributed by atoms with E-state index in [1.165, 1.54) is 6.20 Å². The highest BCUT2D eigenvalue weighted by Gasteiger charge is 2.05. The van der Waals surface area contributed by atoms with Crippen molar-refractivity contribution in [1.29, 1.82) is 0 Å². The van der Waals surface area contributed by atoms with Crippen LogP contribution in [0, 0.1) is 0 Å². The van der Waals surface area contributed by atoms with Crippen molar-refractivity contribution in [3.8, 4) is 0 Å². The molecule has 0 fully saturated rings. The topological polar surface area (TPSA) is 45.2 Å². The van der Waals surface area contributed by atoms with E-state index < -0.39 is 0 Å². The van der Waals surface area contributed by atoms with E-state index >= 15 is 0 Å². The smallest absolute Gasteiger partial charge is 0.252 e. The van der Waals surface area contributed by atoms with Crippen molar-refractivity contribution < 1.29 is 4.79 Å². The molecule has 1 amide bonds. The maximum absolute atomic E-state index is 11.7. The molecule has 0 aliphatic heterocycles. The summed E-state index contributed by atoms with van der Waals surface area (Å²) in [5.41, 5.74) is 0.536. The van der Waals surface area contributed by atoms with Gasteiger partial charge in [0.2, 0.25) is 0 Å². The van der Waals surface area contributed by atoms with Crippen LogP contribution in [0.15, 0.2) is 18.3 Å². The van der Waals surface area contributed by atoms with E-state index in [4.69, 9.17) is 11.6 Å². The van der Waals surface area contributed by atoms with Crippen molar-refractivity contribution in [3.05, 3.63) is 29.0 Å². The molecule has 1 aromatic rings. The van der Waals surface area contributed by atoms with Crippen molar-refractivity contribution in [2.24, 2.45) is 0 Å². The maximum Gasteiger partial charge on any atom is 0.252 e. The minimum absolute atomic E-state index is 0.110. The average Bonchev–Trinajstić information content (AvgIpc) is 2.35. The largest absolute Gasteiger partial charge is 0.351 e. The number of halogens is 1. The van der Waals surface area contributed by atoms with Crippen LogP contribution in [0.3, 0.4) is 0 Å². The Balaban J connectivity index is 2.37. The highest BCUT2D eigenvalue weighted by atomic mass is 35.5. The van der Waals surface area contributed by atoms with Crippen LogP contribution >= 0.6 is 11.6 Å². The molecule has 1 N–H and O–H groups in total. The predicted octanol–water partition coefficient (Wildman–Crippen LogP) is 1.81. The molecule has 0 radical (unpaired) electrons. The molecule has 0 spiro atoms. The van der Waals surface area contributed by atoms with Gasteiger partial charge in [-0.3, -0.25) is 4.79 Å². The molecular weight excluding hydrogens is 238 g/mol. The summed E-state index contributed by atoms with van der Waals surface area (Å²) in [6, 6.07) is 3.28. The number of carbonyl (C=O) groups is 1. The molecular formula is C12H18ClN3O. The average molecular weight is 256 g/mol. The molecule has 4 nitrogen and oxygen atoms in total. The molecule has 94 valence electrons. The van der Waals surface area contributed by atoms with Gasteiger partial charge in [-0.1, -0.05) is 25.4 Å². The lowest BCUT2D eigenvalue weighted by molar-refractivity contribution is 0.0948. The van der Waals surface area contributed by atoms with Crippen molar-refractivity contribution in [2.45, 2.75) is 13.8 Å². The molecule has 0 aliphatic carbocycles. The van der Waals surface area contributed by atoms with Gasteiger partial charge >= 0.3 is 0 Å². The van der Waals surface area contributed by atoms with Crippen LogP contribution in [0.5, 0.6) is 0 Å². The molecule has 17 heavy (non-hydrogen) atoms. The Bertz CT molecular complexity index is 349. The number of likely N-dealkylation sites (N-methyl/N-ethyl adjacent to an activating group) is 1. The second-order valence-electron chi connectivity index (χ2n) is 3.65. The van der Waals surface area contributed by atoms with E-state index in [0.717, 1.165) is 19.6 Å². The summed E-state index contributed by atoms with van der Waals surface area (Å²) in [6.07, 6.45) is 1.48. The van der Waals surface area contributed by atoms with E-state index in [1.807, 2.05) is 0 Å².